The van der Waals surface area contributed by atoms with E-state index < -0.39 is 0 Å². The first-order chi connectivity index (χ1) is 10.2. The van der Waals surface area contributed by atoms with Gasteiger partial charge in [-0.3, -0.25) is 0 Å². The lowest BCUT2D eigenvalue weighted by atomic mass is 9.88. The summed E-state index contributed by atoms with van der Waals surface area (Å²) >= 11 is 0. The molecule has 0 spiro atoms. The van der Waals surface area contributed by atoms with E-state index in [1.54, 1.807) is 0 Å². The first-order valence-electron chi connectivity index (χ1n) is 8.55. The summed E-state index contributed by atoms with van der Waals surface area (Å²) in [6.07, 6.45) is 6.15. The van der Waals surface area contributed by atoms with E-state index in [9.17, 15) is 0 Å². The van der Waals surface area contributed by atoms with Gasteiger partial charge in [-0.2, -0.15) is 0 Å². The van der Waals surface area contributed by atoms with E-state index >= 15 is 0 Å². The fourth-order valence-electron chi connectivity index (χ4n) is 3.40. The van der Waals surface area contributed by atoms with Crippen molar-refractivity contribution in [3.05, 3.63) is 35.4 Å². The van der Waals surface area contributed by atoms with Crippen LogP contribution >= 0.6 is 0 Å². The zero-order chi connectivity index (χ0) is 15.1. The Labute approximate surface area is 130 Å². The number of aryl methyl sites for hydroxylation is 1. The van der Waals surface area contributed by atoms with Crippen molar-refractivity contribution in [1.82, 2.24) is 5.32 Å². The molecule has 2 heteroatoms. The summed E-state index contributed by atoms with van der Waals surface area (Å²) in [4.78, 5) is 0. The SMILES string of the molecule is CNC1c2ccccc2CCCC1CCOCCC(C)C. The summed E-state index contributed by atoms with van der Waals surface area (Å²) in [6, 6.07) is 9.42. The molecule has 2 nitrogen and oxygen atoms in total. The van der Waals surface area contributed by atoms with Gasteiger partial charge in [-0.15, -0.1) is 0 Å². The van der Waals surface area contributed by atoms with Gasteiger partial charge in [-0.05, 0) is 62.1 Å². The van der Waals surface area contributed by atoms with Gasteiger partial charge in [0.05, 0.1) is 0 Å². The van der Waals surface area contributed by atoms with Gasteiger partial charge in [0.2, 0.25) is 0 Å². The second-order valence-electron chi connectivity index (χ2n) is 6.70. The molecular formula is C19H31NO. The van der Waals surface area contributed by atoms with Crippen LogP contribution in [0.1, 0.15) is 56.7 Å². The van der Waals surface area contributed by atoms with Crippen LogP contribution < -0.4 is 5.32 Å². The van der Waals surface area contributed by atoms with Crippen molar-refractivity contribution < 1.29 is 4.74 Å². The average molecular weight is 289 g/mol. The van der Waals surface area contributed by atoms with Gasteiger partial charge in [-0.25, -0.2) is 0 Å². The van der Waals surface area contributed by atoms with E-state index in [4.69, 9.17) is 4.74 Å². The van der Waals surface area contributed by atoms with Gasteiger partial charge in [-0.1, -0.05) is 38.1 Å². The zero-order valence-electron chi connectivity index (χ0n) is 13.9. The number of fused-ring (bicyclic) bond motifs is 1. The Balaban J connectivity index is 1.90. The molecule has 0 aliphatic heterocycles. The fraction of sp³-hybridized carbons (Fsp3) is 0.684. The Hall–Kier alpha value is -0.860. The van der Waals surface area contributed by atoms with Crippen LogP contribution in [0.5, 0.6) is 0 Å². The lowest BCUT2D eigenvalue weighted by Crippen LogP contribution is -2.26. The molecule has 1 aliphatic rings. The maximum absolute atomic E-state index is 5.84. The topological polar surface area (TPSA) is 21.3 Å². The molecule has 1 N–H and O–H groups in total. The van der Waals surface area contributed by atoms with E-state index in [0.717, 1.165) is 25.6 Å². The average Bonchev–Trinajstić information content (AvgIpc) is 2.65. The Kier molecular flexibility index (Phi) is 6.72. The summed E-state index contributed by atoms with van der Waals surface area (Å²) < 4.78 is 5.84. The van der Waals surface area contributed by atoms with E-state index in [0.29, 0.717) is 12.0 Å². The molecule has 0 bridgehead atoms. The molecule has 2 unspecified atom stereocenters. The quantitative estimate of drug-likeness (QED) is 0.595. The molecule has 0 radical (unpaired) electrons. The first-order valence-corrected chi connectivity index (χ1v) is 8.55. The molecule has 0 heterocycles. The van der Waals surface area contributed by atoms with Crippen molar-refractivity contribution in [1.29, 1.82) is 0 Å². The molecule has 1 aromatic rings. The highest BCUT2D eigenvalue weighted by Gasteiger charge is 2.26. The minimum Gasteiger partial charge on any atom is -0.381 e. The van der Waals surface area contributed by atoms with Crippen molar-refractivity contribution in [2.75, 3.05) is 20.3 Å². The Morgan fingerprint density at radius 2 is 2.05 bits per heavy atom. The van der Waals surface area contributed by atoms with E-state index in [-0.39, 0.29) is 0 Å². The number of nitrogens with one attached hydrogen (secondary N) is 1. The molecule has 2 rings (SSSR count). The van der Waals surface area contributed by atoms with E-state index in [1.165, 1.54) is 36.8 Å². The molecule has 21 heavy (non-hydrogen) atoms. The van der Waals surface area contributed by atoms with Crippen molar-refractivity contribution in [3.63, 3.8) is 0 Å². The molecule has 1 aliphatic carbocycles. The van der Waals surface area contributed by atoms with Crippen LogP contribution in [0.15, 0.2) is 24.3 Å². The van der Waals surface area contributed by atoms with Crippen LogP contribution in [0.2, 0.25) is 0 Å². The number of hydrogen-bond donors (Lipinski definition) is 1. The van der Waals surface area contributed by atoms with Gasteiger partial charge < -0.3 is 10.1 Å². The third kappa shape index (κ3) is 4.82. The second kappa shape index (κ2) is 8.55. The van der Waals surface area contributed by atoms with Crippen LogP contribution in [-0.4, -0.2) is 20.3 Å². The number of benzene rings is 1. The summed E-state index contributed by atoms with van der Waals surface area (Å²) in [6.45, 7) is 6.31. The zero-order valence-corrected chi connectivity index (χ0v) is 13.9. The fourth-order valence-corrected chi connectivity index (χ4v) is 3.40. The highest BCUT2D eigenvalue weighted by molar-refractivity contribution is 5.31. The van der Waals surface area contributed by atoms with Gasteiger partial charge in [0.1, 0.15) is 0 Å². The normalized spacial score (nSPS) is 22.1. The highest BCUT2D eigenvalue weighted by Crippen LogP contribution is 2.34. The molecule has 1 aromatic carbocycles. The van der Waals surface area contributed by atoms with Gasteiger partial charge in [0.15, 0.2) is 0 Å². The maximum Gasteiger partial charge on any atom is 0.0469 e. The third-order valence-electron chi connectivity index (χ3n) is 4.67. The summed E-state index contributed by atoms with van der Waals surface area (Å²) in [7, 11) is 2.10. The van der Waals surface area contributed by atoms with E-state index in [1.807, 2.05) is 0 Å². The Morgan fingerprint density at radius 3 is 2.81 bits per heavy atom. The Morgan fingerprint density at radius 1 is 1.24 bits per heavy atom. The largest absolute Gasteiger partial charge is 0.381 e. The standard InChI is InChI=1S/C19H31NO/c1-15(2)11-13-21-14-12-17-9-6-8-16-7-4-5-10-18(16)19(17)20-3/h4-5,7,10,15,17,19-20H,6,8-9,11-14H2,1-3H3. The molecule has 0 saturated heterocycles. The molecule has 118 valence electrons. The van der Waals surface area contributed by atoms with Crippen LogP contribution in [-0.2, 0) is 11.2 Å². The van der Waals surface area contributed by atoms with Crippen LogP contribution in [0.25, 0.3) is 0 Å². The minimum absolute atomic E-state index is 0.484. The maximum atomic E-state index is 5.84. The van der Waals surface area contributed by atoms with Crippen LogP contribution in [0, 0.1) is 11.8 Å². The lowest BCUT2D eigenvalue weighted by molar-refractivity contribution is 0.104. The smallest absolute Gasteiger partial charge is 0.0469 e. The lowest BCUT2D eigenvalue weighted by Gasteiger charge is -2.26. The number of rotatable bonds is 7. The molecule has 0 amide bonds. The molecular weight excluding hydrogens is 258 g/mol. The summed E-state index contributed by atoms with van der Waals surface area (Å²) in [5.74, 6) is 1.43. The molecule has 2 atom stereocenters. The van der Waals surface area contributed by atoms with Gasteiger partial charge in [0, 0.05) is 19.3 Å². The van der Waals surface area contributed by atoms with Gasteiger partial charge >= 0.3 is 0 Å². The van der Waals surface area contributed by atoms with Crippen molar-refractivity contribution >= 4 is 0 Å². The predicted molar refractivity (Wildman–Crippen MR) is 89.6 cm³/mol. The van der Waals surface area contributed by atoms with Crippen molar-refractivity contribution in [3.8, 4) is 0 Å². The first kappa shape index (κ1) is 16.5. The summed E-state index contributed by atoms with van der Waals surface area (Å²) in [5.41, 5.74) is 3.03. The second-order valence-corrected chi connectivity index (χ2v) is 6.70. The molecule has 0 saturated carbocycles. The van der Waals surface area contributed by atoms with Crippen LogP contribution in [0.3, 0.4) is 0 Å². The summed E-state index contributed by atoms with van der Waals surface area (Å²) in [5, 5.41) is 3.55. The third-order valence-corrected chi connectivity index (χ3v) is 4.67. The number of ether oxygens (including phenoxy) is 1. The Bertz CT molecular complexity index is 416. The van der Waals surface area contributed by atoms with Crippen molar-refractivity contribution in [2.24, 2.45) is 11.8 Å². The number of hydrogen-bond acceptors (Lipinski definition) is 2. The minimum atomic E-state index is 0.484. The highest BCUT2D eigenvalue weighted by atomic mass is 16.5. The molecule has 0 aromatic heterocycles. The van der Waals surface area contributed by atoms with E-state index in [2.05, 4.69) is 50.5 Å². The molecule has 0 fully saturated rings. The van der Waals surface area contributed by atoms with Crippen molar-refractivity contribution in [2.45, 2.75) is 52.0 Å². The predicted octanol–water partition coefficient (Wildman–Crippen LogP) is 4.35. The van der Waals surface area contributed by atoms with Crippen LogP contribution in [0.4, 0.5) is 0 Å². The van der Waals surface area contributed by atoms with Gasteiger partial charge in [0.25, 0.3) is 0 Å². The monoisotopic (exact) mass is 289 g/mol.